The van der Waals surface area contributed by atoms with Crippen molar-refractivity contribution in [2.45, 2.75) is 13.1 Å². The molecule has 1 aromatic rings. The van der Waals surface area contributed by atoms with Gasteiger partial charge in [-0.05, 0) is 30.7 Å². The van der Waals surface area contributed by atoms with E-state index in [4.69, 9.17) is 11.6 Å². The third-order valence-electron chi connectivity index (χ3n) is 1.57. The minimum absolute atomic E-state index is 0.181. The molecule has 15 heavy (non-hydrogen) atoms. The lowest BCUT2D eigenvalue weighted by Crippen LogP contribution is -2.27. The number of carbonyl (C=O) groups excluding carboxylic acids is 1. The van der Waals surface area contributed by atoms with E-state index in [9.17, 15) is 18.0 Å². The van der Waals surface area contributed by atoms with Crippen molar-refractivity contribution in [2.24, 2.45) is 0 Å². The molecule has 0 amide bonds. The lowest BCUT2D eigenvalue weighted by molar-refractivity contribution is -0.189. The summed E-state index contributed by atoms with van der Waals surface area (Å²) in [5.74, 6) is -2.43. The highest BCUT2D eigenvalue weighted by Crippen LogP contribution is 2.24. The second-order valence-corrected chi connectivity index (χ2v) is 3.21. The van der Waals surface area contributed by atoms with Gasteiger partial charge in [0, 0.05) is 5.02 Å². The minimum Gasteiger partial charge on any atom is -0.420 e. The normalized spacial score (nSPS) is 11.3. The molecule has 0 saturated carbocycles. The van der Waals surface area contributed by atoms with Gasteiger partial charge in [-0.2, -0.15) is 13.2 Å². The molecule has 0 aromatic heterocycles. The molecule has 0 N–H and O–H groups in total. The third kappa shape index (κ3) is 3.13. The summed E-state index contributed by atoms with van der Waals surface area (Å²) in [4.78, 5) is 10.5. The zero-order chi connectivity index (χ0) is 11.6. The van der Waals surface area contributed by atoms with Gasteiger partial charge in [-0.25, -0.2) is 4.79 Å². The Labute approximate surface area is 88.6 Å². The number of benzene rings is 1. The molecule has 6 heteroatoms. The molecule has 0 aliphatic heterocycles. The van der Waals surface area contributed by atoms with E-state index >= 15 is 0 Å². The Bertz CT molecular complexity index is 387. The number of halogens is 4. The maximum Gasteiger partial charge on any atom is 0.491 e. The smallest absolute Gasteiger partial charge is 0.420 e. The van der Waals surface area contributed by atoms with E-state index < -0.39 is 12.1 Å². The van der Waals surface area contributed by atoms with Crippen LogP contribution in [0, 0.1) is 6.92 Å². The first-order chi connectivity index (χ1) is 6.80. The standard InChI is InChI=1S/C9H6ClF3O2/c1-5-4-6(2-3-7(5)10)15-8(14)9(11,12)13/h2-4H,1H3. The molecule has 0 radical (unpaired) electrons. The molecular formula is C9H6ClF3O2. The summed E-state index contributed by atoms with van der Waals surface area (Å²) in [5.41, 5.74) is 0.532. The fourth-order valence-corrected chi connectivity index (χ4v) is 0.963. The van der Waals surface area contributed by atoms with E-state index in [0.29, 0.717) is 10.6 Å². The van der Waals surface area contributed by atoms with Gasteiger partial charge >= 0.3 is 12.1 Å². The number of alkyl halides is 3. The van der Waals surface area contributed by atoms with Crippen molar-refractivity contribution in [2.75, 3.05) is 0 Å². The van der Waals surface area contributed by atoms with Crippen LogP contribution in [0.15, 0.2) is 18.2 Å². The van der Waals surface area contributed by atoms with Crippen LogP contribution in [0.5, 0.6) is 5.75 Å². The molecular weight excluding hydrogens is 233 g/mol. The zero-order valence-corrected chi connectivity index (χ0v) is 8.32. The molecule has 1 aromatic carbocycles. The molecule has 0 unspecified atom stereocenters. The van der Waals surface area contributed by atoms with Gasteiger partial charge in [-0.15, -0.1) is 0 Å². The Morgan fingerprint density at radius 3 is 2.47 bits per heavy atom. The molecule has 0 spiro atoms. The fraction of sp³-hybridized carbons (Fsp3) is 0.222. The Morgan fingerprint density at radius 2 is 2.00 bits per heavy atom. The second kappa shape index (κ2) is 4.10. The van der Waals surface area contributed by atoms with Crippen molar-refractivity contribution in [1.82, 2.24) is 0 Å². The number of ether oxygens (including phenoxy) is 1. The molecule has 0 saturated heterocycles. The molecule has 1 rings (SSSR count). The van der Waals surface area contributed by atoms with Crippen molar-refractivity contribution < 1.29 is 22.7 Å². The molecule has 0 aliphatic carbocycles. The fourth-order valence-electron chi connectivity index (χ4n) is 0.846. The second-order valence-electron chi connectivity index (χ2n) is 2.80. The van der Waals surface area contributed by atoms with Crippen LogP contribution in [-0.4, -0.2) is 12.1 Å². The maximum atomic E-state index is 11.8. The maximum absolute atomic E-state index is 11.8. The Hall–Kier alpha value is -1.23. The van der Waals surface area contributed by atoms with E-state index in [1.165, 1.54) is 18.2 Å². The van der Waals surface area contributed by atoms with E-state index in [-0.39, 0.29) is 5.75 Å². The minimum atomic E-state index is -4.99. The van der Waals surface area contributed by atoms with E-state index in [0.717, 1.165) is 0 Å². The summed E-state index contributed by atoms with van der Waals surface area (Å²) in [6.45, 7) is 1.59. The van der Waals surface area contributed by atoms with Crippen LogP contribution >= 0.6 is 11.6 Å². The lowest BCUT2D eigenvalue weighted by Gasteiger charge is -2.07. The van der Waals surface area contributed by atoms with Crippen LogP contribution < -0.4 is 4.74 Å². The number of hydrogen-bond acceptors (Lipinski definition) is 2. The lowest BCUT2D eigenvalue weighted by atomic mass is 10.2. The van der Waals surface area contributed by atoms with Gasteiger partial charge in [0.2, 0.25) is 0 Å². The predicted molar refractivity (Wildman–Crippen MR) is 47.9 cm³/mol. The van der Waals surface area contributed by atoms with Gasteiger partial charge in [0.1, 0.15) is 5.75 Å². The van der Waals surface area contributed by atoms with Crippen molar-refractivity contribution in [3.05, 3.63) is 28.8 Å². The molecule has 0 aliphatic rings. The molecule has 2 nitrogen and oxygen atoms in total. The van der Waals surface area contributed by atoms with Gasteiger partial charge in [0.25, 0.3) is 0 Å². The van der Waals surface area contributed by atoms with Gasteiger partial charge in [-0.1, -0.05) is 11.6 Å². The number of carbonyl (C=O) groups is 1. The highest BCUT2D eigenvalue weighted by atomic mass is 35.5. The summed E-state index contributed by atoms with van der Waals surface area (Å²) in [7, 11) is 0. The summed E-state index contributed by atoms with van der Waals surface area (Å²) in [6, 6.07) is 3.81. The highest BCUT2D eigenvalue weighted by Gasteiger charge is 2.41. The molecule has 0 fully saturated rings. The number of aryl methyl sites for hydroxylation is 1. The quantitative estimate of drug-likeness (QED) is 0.555. The van der Waals surface area contributed by atoms with E-state index in [1.807, 2.05) is 0 Å². The predicted octanol–water partition coefficient (Wildman–Crippen LogP) is 3.12. The number of hydrogen-bond donors (Lipinski definition) is 0. The van der Waals surface area contributed by atoms with Crippen LogP contribution in [-0.2, 0) is 4.79 Å². The van der Waals surface area contributed by atoms with Gasteiger partial charge in [0.05, 0.1) is 0 Å². The van der Waals surface area contributed by atoms with Crippen molar-refractivity contribution >= 4 is 17.6 Å². The first-order valence-electron chi connectivity index (χ1n) is 3.86. The molecule has 0 heterocycles. The summed E-state index contributed by atoms with van der Waals surface area (Å²) < 4.78 is 39.5. The SMILES string of the molecule is Cc1cc(OC(=O)C(F)(F)F)ccc1Cl. The zero-order valence-electron chi connectivity index (χ0n) is 7.56. The first kappa shape index (κ1) is 11.8. The van der Waals surface area contributed by atoms with Crippen molar-refractivity contribution in [3.63, 3.8) is 0 Å². The summed E-state index contributed by atoms with van der Waals surface area (Å²) in [5, 5.41) is 0.391. The van der Waals surface area contributed by atoms with E-state index in [1.54, 1.807) is 6.92 Å². The molecule has 0 atom stereocenters. The summed E-state index contributed by atoms with van der Waals surface area (Å²) in [6.07, 6.45) is -4.99. The third-order valence-corrected chi connectivity index (χ3v) is 2.00. The average molecular weight is 239 g/mol. The van der Waals surface area contributed by atoms with Gasteiger partial charge < -0.3 is 4.74 Å². The molecule has 82 valence electrons. The van der Waals surface area contributed by atoms with Crippen LogP contribution in [0.25, 0.3) is 0 Å². The Kier molecular flexibility index (Phi) is 3.24. The van der Waals surface area contributed by atoms with Crippen LogP contribution in [0.2, 0.25) is 5.02 Å². The summed E-state index contributed by atoms with van der Waals surface area (Å²) >= 11 is 5.64. The van der Waals surface area contributed by atoms with Crippen molar-refractivity contribution in [3.8, 4) is 5.75 Å². The topological polar surface area (TPSA) is 26.3 Å². The largest absolute Gasteiger partial charge is 0.491 e. The number of rotatable bonds is 1. The number of esters is 1. The van der Waals surface area contributed by atoms with Crippen LogP contribution in [0.1, 0.15) is 5.56 Å². The van der Waals surface area contributed by atoms with Crippen LogP contribution in [0.3, 0.4) is 0 Å². The Morgan fingerprint density at radius 1 is 1.40 bits per heavy atom. The Balaban J connectivity index is 2.83. The van der Waals surface area contributed by atoms with E-state index in [2.05, 4.69) is 4.74 Å². The average Bonchev–Trinajstić information content (AvgIpc) is 2.10. The van der Waals surface area contributed by atoms with Crippen molar-refractivity contribution in [1.29, 1.82) is 0 Å². The monoisotopic (exact) mass is 238 g/mol. The highest BCUT2D eigenvalue weighted by molar-refractivity contribution is 6.31. The first-order valence-corrected chi connectivity index (χ1v) is 4.23. The van der Waals surface area contributed by atoms with Gasteiger partial charge in [0.15, 0.2) is 0 Å². The molecule has 0 bridgehead atoms. The van der Waals surface area contributed by atoms with Gasteiger partial charge in [-0.3, -0.25) is 0 Å². The van der Waals surface area contributed by atoms with Crippen LogP contribution in [0.4, 0.5) is 13.2 Å².